The van der Waals surface area contributed by atoms with Crippen LogP contribution in [0.1, 0.15) is 0 Å². The third kappa shape index (κ3) is 1.70. The highest BCUT2D eigenvalue weighted by molar-refractivity contribution is 7.07. The summed E-state index contributed by atoms with van der Waals surface area (Å²) in [4.78, 5) is 4.12. The molecule has 0 spiro atoms. The van der Waals surface area contributed by atoms with Crippen LogP contribution in [0, 0.1) is 5.51 Å². The first-order valence-electron chi connectivity index (χ1n) is 4.00. The van der Waals surface area contributed by atoms with E-state index in [4.69, 9.17) is 0 Å². The van der Waals surface area contributed by atoms with Crippen LogP contribution < -0.4 is 5.32 Å². The number of nitrogens with zero attached hydrogens (tertiary/aromatic N) is 1. The lowest BCUT2D eigenvalue weighted by Gasteiger charge is -2.00. The Labute approximate surface area is 81.3 Å². The van der Waals surface area contributed by atoms with Gasteiger partial charge in [0.25, 0.3) is 0 Å². The Morgan fingerprint density at radius 3 is 2.62 bits per heavy atom. The second-order valence-corrected chi connectivity index (χ2v) is 3.31. The van der Waals surface area contributed by atoms with Crippen LogP contribution >= 0.6 is 11.3 Å². The van der Waals surface area contributed by atoms with Crippen molar-refractivity contribution in [1.29, 1.82) is 0 Å². The largest absolute Gasteiger partial charge is 0.388 e. The summed E-state index contributed by atoms with van der Waals surface area (Å²) < 4.78 is 0. The van der Waals surface area contributed by atoms with E-state index < -0.39 is 0 Å². The van der Waals surface area contributed by atoms with E-state index in [2.05, 4.69) is 27.9 Å². The minimum absolute atomic E-state index is 0.993. The first-order chi connectivity index (χ1) is 6.40. The number of benzene rings is 1. The van der Waals surface area contributed by atoms with Crippen molar-refractivity contribution < 1.29 is 0 Å². The minimum Gasteiger partial charge on any atom is -0.388 e. The molecule has 0 aliphatic rings. The van der Waals surface area contributed by atoms with Gasteiger partial charge in [-0.25, -0.2) is 4.98 Å². The maximum atomic E-state index is 4.12. The molecule has 0 unspecified atom stereocenters. The number of nitrogens with one attached hydrogen (secondary N) is 1. The van der Waals surface area contributed by atoms with Crippen molar-refractivity contribution in [2.45, 2.75) is 0 Å². The molecule has 3 heteroatoms. The molecule has 1 aromatic heterocycles. The molecule has 13 heavy (non-hydrogen) atoms. The Bertz CT molecular complexity index is 364. The van der Waals surface area contributed by atoms with Crippen molar-refractivity contribution in [2.75, 3.05) is 12.4 Å². The SMILES string of the molecule is CNc1ccc(-c2cs[c]n2)cc1. The summed E-state index contributed by atoms with van der Waals surface area (Å²) >= 11 is 1.49. The highest BCUT2D eigenvalue weighted by Gasteiger charge is 1.98. The van der Waals surface area contributed by atoms with Crippen LogP contribution in [0.25, 0.3) is 11.3 Å². The van der Waals surface area contributed by atoms with Crippen LogP contribution in [0.15, 0.2) is 29.6 Å². The van der Waals surface area contributed by atoms with Crippen LogP contribution in [-0.4, -0.2) is 12.0 Å². The number of hydrogen-bond donors (Lipinski definition) is 1. The van der Waals surface area contributed by atoms with Gasteiger partial charge in [-0.2, -0.15) is 0 Å². The van der Waals surface area contributed by atoms with E-state index in [9.17, 15) is 0 Å². The summed E-state index contributed by atoms with van der Waals surface area (Å²) in [6.45, 7) is 0. The Morgan fingerprint density at radius 1 is 1.31 bits per heavy atom. The van der Waals surface area contributed by atoms with E-state index >= 15 is 0 Å². The van der Waals surface area contributed by atoms with E-state index in [1.165, 1.54) is 11.3 Å². The van der Waals surface area contributed by atoms with Crippen molar-refractivity contribution in [3.8, 4) is 11.3 Å². The van der Waals surface area contributed by atoms with Gasteiger partial charge in [0.05, 0.1) is 5.69 Å². The molecule has 1 radical (unpaired) electrons. The van der Waals surface area contributed by atoms with Crippen LogP contribution in [0.4, 0.5) is 5.69 Å². The topological polar surface area (TPSA) is 24.9 Å². The molecule has 2 nitrogen and oxygen atoms in total. The molecule has 0 bridgehead atoms. The van der Waals surface area contributed by atoms with Crippen LogP contribution in [0.5, 0.6) is 0 Å². The van der Waals surface area contributed by atoms with Crippen LogP contribution in [-0.2, 0) is 0 Å². The summed E-state index contributed by atoms with van der Waals surface area (Å²) in [5.41, 5.74) is 6.08. The zero-order valence-corrected chi connectivity index (χ0v) is 8.06. The van der Waals surface area contributed by atoms with E-state index in [0.29, 0.717) is 0 Å². The fourth-order valence-corrected chi connectivity index (χ4v) is 1.63. The molecule has 0 amide bonds. The van der Waals surface area contributed by atoms with E-state index in [1.807, 2.05) is 24.6 Å². The molecule has 1 N–H and O–H groups in total. The number of thiazole rings is 1. The van der Waals surface area contributed by atoms with Gasteiger partial charge in [-0.15, -0.1) is 11.3 Å². The van der Waals surface area contributed by atoms with Gasteiger partial charge < -0.3 is 5.32 Å². The van der Waals surface area contributed by atoms with Gasteiger partial charge in [0.2, 0.25) is 0 Å². The maximum Gasteiger partial charge on any atom is 0.152 e. The molecule has 2 aromatic rings. The van der Waals surface area contributed by atoms with Crippen LogP contribution in [0.3, 0.4) is 0 Å². The van der Waals surface area contributed by atoms with Crippen molar-refractivity contribution >= 4 is 17.0 Å². The summed E-state index contributed by atoms with van der Waals surface area (Å²) in [5, 5.41) is 5.07. The molecule has 0 saturated heterocycles. The Balaban J connectivity index is 2.33. The van der Waals surface area contributed by atoms with Crippen molar-refractivity contribution in [1.82, 2.24) is 4.98 Å². The predicted molar refractivity (Wildman–Crippen MR) is 55.9 cm³/mol. The fourth-order valence-electron chi connectivity index (χ4n) is 1.12. The van der Waals surface area contributed by atoms with Crippen molar-refractivity contribution in [3.05, 3.63) is 35.2 Å². The normalized spacial score (nSPS) is 9.92. The average Bonchev–Trinajstić information content (AvgIpc) is 2.71. The monoisotopic (exact) mass is 189 g/mol. The van der Waals surface area contributed by atoms with Gasteiger partial charge >= 0.3 is 0 Å². The van der Waals surface area contributed by atoms with Gasteiger partial charge in [-0.05, 0) is 12.1 Å². The quantitative estimate of drug-likeness (QED) is 0.785. The second kappa shape index (κ2) is 3.58. The van der Waals surface area contributed by atoms with Gasteiger partial charge in [-0.1, -0.05) is 12.1 Å². The minimum atomic E-state index is 0.993. The summed E-state index contributed by atoms with van der Waals surface area (Å²) in [7, 11) is 1.91. The smallest absolute Gasteiger partial charge is 0.152 e. The standard InChI is InChI=1S/C10H9N2S/c1-11-9-4-2-8(3-5-9)10-6-13-7-12-10/h2-6,11H,1H3. The number of anilines is 1. The number of rotatable bonds is 2. The molecule has 0 aliphatic heterocycles. The first kappa shape index (κ1) is 8.26. The molecule has 0 fully saturated rings. The van der Waals surface area contributed by atoms with E-state index in [1.54, 1.807) is 0 Å². The zero-order chi connectivity index (χ0) is 9.10. The Kier molecular flexibility index (Phi) is 2.27. The fraction of sp³-hybridized carbons (Fsp3) is 0.100. The van der Waals surface area contributed by atoms with Gasteiger partial charge in [0, 0.05) is 23.7 Å². The highest BCUT2D eigenvalue weighted by Crippen LogP contribution is 2.20. The number of aromatic nitrogens is 1. The van der Waals surface area contributed by atoms with Gasteiger partial charge in [0.15, 0.2) is 5.51 Å². The molecule has 65 valence electrons. The highest BCUT2D eigenvalue weighted by atomic mass is 32.1. The molecular formula is C10H9N2S. The molecule has 1 heterocycles. The molecule has 0 atom stereocenters. The van der Waals surface area contributed by atoms with E-state index in [0.717, 1.165) is 16.9 Å². The lowest BCUT2D eigenvalue weighted by atomic mass is 10.1. The maximum absolute atomic E-state index is 4.12. The van der Waals surface area contributed by atoms with Crippen molar-refractivity contribution in [2.24, 2.45) is 0 Å². The predicted octanol–water partition coefficient (Wildman–Crippen LogP) is 2.65. The third-order valence-corrected chi connectivity index (χ3v) is 2.40. The molecule has 0 aliphatic carbocycles. The summed E-state index contributed by atoms with van der Waals surface area (Å²) in [6.07, 6.45) is 0. The molecular weight excluding hydrogens is 180 g/mol. The third-order valence-electron chi connectivity index (χ3n) is 1.86. The summed E-state index contributed by atoms with van der Waals surface area (Å²) in [5.74, 6) is 0. The van der Waals surface area contributed by atoms with Crippen molar-refractivity contribution in [3.63, 3.8) is 0 Å². The van der Waals surface area contributed by atoms with Gasteiger partial charge in [0.1, 0.15) is 0 Å². The lowest BCUT2D eigenvalue weighted by Crippen LogP contribution is -1.86. The first-order valence-corrected chi connectivity index (χ1v) is 4.88. The summed E-state index contributed by atoms with van der Waals surface area (Å²) in [6, 6.07) is 8.17. The Hall–Kier alpha value is -1.35. The average molecular weight is 189 g/mol. The zero-order valence-electron chi connectivity index (χ0n) is 7.24. The molecule has 1 aromatic carbocycles. The lowest BCUT2D eigenvalue weighted by molar-refractivity contribution is 1.39. The van der Waals surface area contributed by atoms with E-state index in [-0.39, 0.29) is 0 Å². The molecule has 0 saturated carbocycles. The molecule has 2 rings (SSSR count). The second-order valence-electron chi connectivity index (χ2n) is 2.65. The van der Waals surface area contributed by atoms with Gasteiger partial charge in [-0.3, -0.25) is 0 Å². The Morgan fingerprint density at radius 2 is 2.08 bits per heavy atom. The number of hydrogen-bond acceptors (Lipinski definition) is 3. The van der Waals surface area contributed by atoms with Crippen LogP contribution in [0.2, 0.25) is 0 Å².